The number of nitrogens with one attached hydrogen (secondary N) is 1. The molecule has 0 saturated heterocycles. The molecule has 4 aromatic rings. The molecule has 0 spiro atoms. The molecule has 0 atom stereocenters. The van der Waals surface area contributed by atoms with Crippen molar-refractivity contribution < 1.29 is 18.0 Å². The molecule has 0 aliphatic rings. The van der Waals surface area contributed by atoms with E-state index in [1.54, 1.807) is 19.2 Å². The number of halogens is 4. The highest BCUT2D eigenvalue weighted by atomic mass is 35.5. The Morgan fingerprint density at radius 1 is 1.30 bits per heavy atom. The average Bonchev–Trinajstić information content (AvgIpc) is 3.30. The van der Waals surface area contributed by atoms with Crippen molar-refractivity contribution in [1.29, 1.82) is 0 Å². The number of aryl methyl sites for hydroxylation is 1. The maximum absolute atomic E-state index is 13.9. The summed E-state index contributed by atoms with van der Waals surface area (Å²) in [6, 6.07) is 7.09. The van der Waals surface area contributed by atoms with Gasteiger partial charge in [0.25, 0.3) is 12.3 Å². The van der Waals surface area contributed by atoms with Gasteiger partial charge in [0.1, 0.15) is 17.1 Å². The lowest BCUT2D eigenvalue weighted by Gasteiger charge is -2.06. The van der Waals surface area contributed by atoms with Crippen LogP contribution in [-0.2, 0) is 6.54 Å². The first-order chi connectivity index (χ1) is 14.3. The predicted molar refractivity (Wildman–Crippen MR) is 103 cm³/mol. The summed E-state index contributed by atoms with van der Waals surface area (Å²) in [7, 11) is 0. The number of fused-ring (bicyclic) bond motifs is 1. The van der Waals surface area contributed by atoms with Crippen molar-refractivity contribution in [3.63, 3.8) is 0 Å². The molecule has 0 fully saturated rings. The molecule has 0 bridgehead atoms. The average molecular weight is 435 g/mol. The van der Waals surface area contributed by atoms with E-state index in [-0.39, 0.29) is 39.9 Å². The van der Waals surface area contributed by atoms with Crippen molar-refractivity contribution in [2.24, 2.45) is 0 Å². The van der Waals surface area contributed by atoms with Gasteiger partial charge in [-0.05, 0) is 25.1 Å². The molecule has 7 nitrogen and oxygen atoms in total. The smallest absolute Gasteiger partial charge is 0.280 e. The van der Waals surface area contributed by atoms with Crippen LogP contribution in [0.4, 0.5) is 19.0 Å². The molecule has 0 aliphatic carbocycles. The fraction of sp³-hybridized carbons (Fsp3) is 0.158. The van der Waals surface area contributed by atoms with E-state index < -0.39 is 18.1 Å². The van der Waals surface area contributed by atoms with Gasteiger partial charge in [-0.3, -0.25) is 9.48 Å². The van der Waals surface area contributed by atoms with E-state index in [9.17, 15) is 18.0 Å². The lowest BCUT2D eigenvalue weighted by atomic mass is 10.2. The minimum absolute atomic E-state index is 0.0142. The van der Waals surface area contributed by atoms with E-state index in [1.807, 2.05) is 0 Å². The number of alkyl halides is 2. The Kier molecular flexibility index (Phi) is 5.17. The van der Waals surface area contributed by atoms with Crippen LogP contribution in [0.3, 0.4) is 0 Å². The zero-order valence-electron chi connectivity index (χ0n) is 15.5. The van der Waals surface area contributed by atoms with Gasteiger partial charge in [-0.25, -0.2) is 22.7 Å². The van der Waals surface area contributed by atoms with Crippen molar-refractivity contribution in [2.45, 2.75) is 19.9 Å². The zero-order valence-corrected chi connectivity index (χ0v) is 16.2. The lowest BCUT2D eigenvalue weighted by molar-refractivity contribution is 0.102. The monoisotopic (exact) mass is 434 g/mol. The molecule has 1 amide bonds. The number of carbonyl (C=O) groups is 1. The molecule has 1 aromatic carbocycles. The molecule has 3 aromatic heterocycles. The molecule has 30 heavy (non-hydrogen) atoms. The third-order valence-corrected chi connectivity index (χ3v) is 4.71. The molecule has 3 heterocycles. The predicted octanol–water partition coefficient (Wildman–Crippen LogP) is 4.26. The number of carbonyl (C=O) groups excluding carboxylic acids is 1. The van der Waals surface area contributed by atoms with Crippen LogP contribution in [0.25, 0.3) is 5.65 Å². The number of hydrogen-bond donors (Lipinski definition) is 1. The number of amides is 1. The van der Waals surface area contributed by atoms with Gasteiger partial charge in [0.05, 0.1) is 12.7 Å². The first kappa shape index (κ1) is 19.9. The minimum Gasteiger partial charge on any atom is -0.305 e. The quantitative estimate of drug-likeness (QED) is 0.509. The van der Waals surface area contributed by atoms with Crippen molar-refractivity contribution >= 4 is 29.0 Å². The highest BCUT2D eigenvalue weighted by Crippen LogP contribution is 2.23. The largest absolute Gasteiger partial charge is 0.305 e. The molecule has 1 N–H and O–H groups in total. The Bertz CT molecular complexity index is 1230. The second-order valence-electron chi connectivity index (χ2n) is 6.47. The lowest BCUT2D eigenvalue weighted by Crippen LogP contribution is -2.14. The van der Waals surface area contributed by atoms with E-state index in [4.69, 9.17) is 11.6 Å². The first-order valence-corrected chi connectivity index (χ1v) is 9.12. The maximum atomic E-state index is 13.9. The Labute approximate surface area is 173 Å². The van der Waals surface area contributed by atoms with E-state index in [2.05, 4.69) is 20.5 Å². The van der Waals surface area contributed by atoms with Gasteiger partial charge >= 0.3 is 0 Å². The number of nitrogens with zero attached hydrogens (tertiary/aromatic N) is 5. The van der Waals surface area contributed by atoms with Crippen LogP contribution in [0, 0.1) is 12.7 Å². The molecule has 0 unspecified atom stereocenters. The second kappa shape index (κ2) is 7.79. The molecule has 0 radical (unpaired) electrons. The fourth-order valence-electron chi connectivity index (χ4n) is 2.97. The van der Waals surface area contributed by atoms with Gasteiger partial charge in [0, 0.05) is 28.5 Å². The Balaban J connectivity index is 1.57. The highest BCUT2D eigenvalue weighted by Gasteiger charge is 2.21. The summed E-state index contributed by atoms with van der Waals surface area (Å²) < 4.78 is 42.8. The van der Waals surface area contributed by atoms with Gasteiger partial charge < -0.3 is 5.32 Å². The number of rotatable bonds is 5. The van der Waals surface area contributed by atoms with Crippen LogP contribution in [-0.4, -0.2) is 30.3 Å². The van der Waals surface area contributed by atoms with Crippen molar-refractivity contribution in [3.05, 3.63) is 76.1 Å². The van der Waals surface area contributed by atoms with E-state index in [1.165, 1.54) is 35.1 Å². The summed E-state index contributed by atoms with van der Waals surface area (Å²) in [5, 5.41) is 10.9. The fourth-order valence-corrected chi connectivity index (χ4v) is 3.20. The van der Waals surface area contributed by atoms with Crippen molar-refractivity contribution in [1.82, 2.24) is 24.4 Å². The third kappa shape index (κ3) is 3.73. The zero-order chi connectivity index (χ0) is 21.4. The molecule has 4 rings (SSSR count). The van der Waals surface area contributed by atoms with E-state index in [0.717, 1.165) is 4.52 Å². The summed E-state index contributed by atoms with van der Waals surface area (Å²) in [6.45, 7) is 1.62. The standard InChI is InChI=1S/C19H14ClF3N6O/c1-10-7-15(17(22)23)29-18(25-10)11(8-24-29)19(30)26-16-5-6-28(27-16)9-12-13(20)3-2-4-14(12)21/h2-8,17H,9H2,1H3,(H,26,27,30). The molecular weight excluding hydrogens is 421 g/mol. The summed E-state index contributed by atoms with van der Waals surface area (Å²) in [6.07, 6.45) is -0.0591. The Hall–Kier alpha value is -3.40. The van der Waals surface area contributed by atoms with Gasteiger partial charge in [-0.15, -0.1) is 0 Å². The normalized spacial score (nSPS) is 11.4. The number of benzene rings is 1. The van der Waals surface area contributed by atoms with Gasteiger partial charge in [0.2, 0.25) is 0 Å². The van der Waals surface area contributed by atoms with E-state index >= 15 is 0 Å². The number of aromatic nitrogens is 5. The SMILES string of the molecule is Cc1cc(C(F)F)n2ncc(C(=O)Nc3ccn(Cc4c(F)cccc4Cl)n3)c2n1. The third-order valence-electron chi connectivity index (χ3n) is 4.36. The number of hydrogen-bond acceptors (Lipinski definition) is 4. The van der Waals surface area contributed by atoms with Gasteiger partial charge in [-0.2, -0.15) is 10.2 Å². The van der Waals surface area contributed by atoms with Crippen molar-refractivity contribution in [3.8, 4) is 0 Å². The van der Waals surface area contributed by atoms with Crippen LogP contribution in [0.1, 0.15) is 33.7 Å². The van der Waals surface area contributed by atoms with Crippen LogP contribution < -0.4 is 5.32 Å². The van der Waals surface area contributed by atoms with Crippen molar-refractivity contribution in [2.75, 3.05) is 5.32 Å². The Morgan fingerprint density at radius 3 is 2.83 bits per heavy atom. The summed E-state index contributed by atoms with van der Waals surface area (Å²) >= 11 is 6.02. The molecule has 0 saturated carbocycles. The van der Waals surface area contributed by atoms with Crippen LogP contribution in [0.5, 0.6) is 0 Å². The topological polar surface area (TPSA) is 77.1 Å². The van der Waals surface area contributed by atoms with Crippen LogP contribution in [0.2, 0.25) is 5.02 Å². The minimum atomic E-state index is -2.77. The summed E-state index contributed by atoms with van der Waals surface area (Å²) in [4.78, 5) is 16.8. The number of anilines is 1. The second-order valence-corrected chi connectivity index (χ2v) is 6.88. The molecule has 11 heteroatoms. The summed E-state index contributed by atoms with van der Waals surface area (Å²) in [5.41, 5.74) is 0.274. The summed E-state index contributed by atoms with van der Waals surface area (Å²) in [5.74, 6) is -0.891. The molecular formula is C19H14ClF3N6O. The molecule has 154 valence electrons. The first-order valence-electron chi connectivity index (χ1n) is 8.74. The Morgan fingerprint density at radius 2 is 2.10 bits per heavy atom. The van der Waals surface area contributed by atoms with Gasteiger partial charge in [-0.1, -0.05) is 17.7 Å². The van der Waals surface area contributed by atoms with Gasteiger partial charge in [0.15, 0.2) is 11.5 Å². The van der Waals surface area contributed by atoms with Crippen LogP contribution >= 0.6 is 11.6 Å². The maximum Gasteiger partial charge on any atom is 0.280 e. The van der Waals surface area contributed by atoms with Crippen LogP contribution in [0.15, 0.2) is 42.7 Å². The highest BCUT2D eigenvalue weighted by molar-refractivity contribution is 6.31. The molecule has 0 aliphatic heterocycles. The van der Waals surface area contributed by atoms with E-state index in [0.29, 0.717) is 5.69 Å².